The third kappa shape index (κ3) is 4.69. The zero-order chi connectivity index (χ0) is 17.0. The first-order chi connectivity index (χ1) is 11.6. The predicted octanol–water partition coefficient (Wildman–Crippen LogP) is 2.93. The molecule has 0 bridgehead atoms. The second-order valence-corrected chi connectivity index (χ2v) is 7.52. The number of amides is 2. The minimum Gasteiger partial charge on any atom is -0.337 e. The molecule has 4 nitrogen and oxygen atoms in total. The van der Waals surface area contributed by atoms with E-state index in [1.165, 1.54) is 12.1 Å². The van der Waals surface area contributed by atoms with Gasteiger partial charge < -0.3 is 15.5 Å². The van der Waals surface area contributed by atoms with Gasteiger partial charge in [-0.25, -0.2) is 9.18 Å². The minimum atomic E-state index is -0.217. The normalized spacial score (nSPS) is 19.8. The number of benzene rings is 1. The zero-order valence-electron chi connectivity index (χ0n) is 14.5. The van der Waals surface area contributed by atoms with Gasteiger partial charge in [-0.2, -0.15) is 0 Å². The van der Waals surface area contributed by atoms with Crippen LogP contribution in [-0.4, -0.2) is 43.2 Å². The van der Waals surface area contributed by atoms with E-state index in [0.29, 0.717) is 12.6 Å². The predicted molar refractivity (Wildman–Crippen MR) is 93.4 cm³/mol. The van der Waals surface area contributed by atoms with Crippen LogP contribution in [0.15, 0.2) is 24.3 Å². The van der Waals surface area contributed by atoms with Crippen LogP contribution in [0.1, 0.15) is 38.2 Å². The van der Waals surface area contributed by atoms with E-state index < -0.39 is 0 Å². The number of rotatable bonds is 6. The van der Waals surface area contributed by atoms with Gasteiger partial charge in [0.1, 0.15) is 5.82 Å². The topological polar surface area (TPSA) is 44.4 Å². The summed E-state index contributed by atoms with van der Waals surface area (Å²) in [5, 5.41) is 6.53. The first-order valence-electron chi connectivity index (χ1n) is 9.05. The molecule has 0 spiro atoms. The molecule has 1 aliphatic heterocycles. The van der Waals surface area contributed by atoms with Crippen LogP contribution in [0.2, 0.25) is 0 Å². The number of piperidine rings is 1. The summed E-state index contributed by atoms with van der Waals surface area (Å²) >= 11 is 0. The lowest BCUT2D eigenvalue weighted by Crippen LogP contribution is -2.48. The Morgan fingerprint density at radius 3 is 2.58 bits per heavy atom. The molecule has 2 aliphatic rings. The van der Waals surface area contributed by atoms with E-state index in [2.05, 4.69) is 17.6 Å². The van der Waals surface area contributed by atoms with Crippen LogP contribution in [0.3, 0.4) is 0 Å². The zero-order valence-corrected chi connectivity index (χ0v) is 14.5. The van der Waals surface area contributed by atoms with Crippen LogP contribution in [0.25, 0.3) is 0 Å². The number of nitrogens with zero attached hydrogens (tertiary/aromatic N) is 1. The SMILES string of the molecule is CC1(CNC(=O)N(CCc2ccc(F)cc2)C2CC2)CCNCC1. The van der Waals surface area contributed by atoms with Crippen LogP contribution in [0.4, 0.5) is 9.18 Å². The Kier molecular flexibility index (Phi) is 5.39. The van der Waals surface area contributed by atoms with Crippen LogP contribution in [0, 0.1) is 11.2 Å². The van der Waals surface area contributed by atoms with E-state index in [9.17, 15) is 9.18 Å². The number of urea groups is 1. The van der Waals surface area contributed by atoms with E-state index in [4.69, 9.17) is 0 Å². The van der Waals surface area contributed by atoms with Gasteiger partial charge in [0.05, 0.1) is 0 Å². The number of carbonyl (C=O) groups is 1. The molecule has 2 amide bonds. The molecule has 1 aliphatic carbocycles. The van der Waals surface area contributed by atoms with Crippen molar-refractivity contribution in [3.05, 3.63) is 35.6 Å². The van der Waals surface area contributed by atoms with Crippen molar-refractivity contribution >= 4 is 6.03 Å². The highest BCUT2D eigenvalue weighted by molar-refractivity contribution is 5.75. The lowest BCUT2D eigenvalue weighted by atomic mass is 9.81. The molecule has 1 aromatic carbocycles. The maximum Gasteiger partial charge on any atom is 0.317 e. The van der Waals surface area contributed by atoms with Gasteiger partial charge in [-0.1, -0.05) is 19.1 Å². The molecular formula is C19H28FN3O. The van der Waals surface area contributed by atoms with E-state index >= 15 is 0 Å². The van der Waals surface area contributed by atoms with Crippen molar-refractivity contribution in [1.29, 1.82) is 0 Å². The first-order valence-corrected chi connectivity index (χ1v) is 9.05. The Morgan fingerprint density at radius 1 is 1.29 bits per heavy atom. The summed E-state index contributed by atoms with van der Waals surface area (Å²) in [5.41, 5.74) is 1.27. The Labute approximate surface area is 143 Å². The van der Waals surface area contributed by atoms with Crippen LogP contribution >= 0.6 is 0 Å². The molecule has 2 N–H and O–H groups in total. The van der Waals surface area contributed by atoms with Crippen LogP contribution < -0.4 is 10.6 Å². The van der Waals surface area contributed by atoms with Crippen molar-refractivity contribution in [3.63, 3.8) is 0 Å². The standard InChI is InChI=1S/C19H28FN3O/c1-19(9-11-21-12-10-19)14-22-18(24)23(17-6-7-17)13-8-15-2-4-16(20)5-3-15/h2-5,17,21H,6-14H2,1H3,(H,22,24). The first kappa shape index (κ1) is 17.2. The Bertz CT molecular complexity index is 550. The van der Waals surface area contributed by atoms with Gasteiger partial charge in [0.15, 0.2) is 0 Å². The fourth-order valence-electron chi connectivity index (χ4n) is 3.33. The van der Waals surface area contributed by atoms with Crippen LogP contribution in [0.5, 0.6) is 0 Å². The number of halogens is 1. The molecule has 0 atom stereocenters. The highest BCUT2D eigenvalue weighted by Crippen LogP contribution is 2.29. The molecule has 1 aromatic rings. The maximum atomic E-state index is 13.0. The van der Waals surface area contributed by atoms with Gasteiger partial charge in [0.2, 0.25) is 0 Å². The largest absolute Gasteiger partial charge is 0.337 e. The Morgan fingerprint density at radius 2 is 1.96 bits per heavy atom. The van der Waals surface area contributed by atoms with Crippen molar-refractivity contribution in [2.75, 3.05) is 26.2 Å². The van der Waals surface area contributed by atoms with E-state index in [1.807, 2.05) is 4.90 Å². The molecule has 2 fully saturated rings. The number of hydrogen-bond donors (Lipinski definition) is 2. The monoisotopic (exact) mass is 333 g/mol. The van der Waals surface area contributed by atoms with Crippen molar-refractivity contribution in [2.24, 2.45) is 5.41 Å². The molecule has 1 heterocycles. The summed E-state index contributed by atoms with van der Waals surface area (Å²) in [6, 6.07) is 7.00. The van der Waals surface area contributed by atoms with Crippen molar-refractivity contribution < 1.29 is 9.18 Å². The summed E-state index contributed by atoms with van der Waals surface area (Å²) in [5.74, 6) is -0.217. The van der Waals surface area contributed by atoms with Gasteiger partial charge >= 0.3 is 6.03 Å². The molecule has 0 radical (unpaired) electrons. The van der Waals surface area contributed by atoms with Crippen molar-refractivity contribution in [1.82, 2.24) is 15.5 Å². The Balaban J connectivity index is 1.51. The minimum absolute atomic E-state index is 0.0550. The number of carbonyl (C=O) groups excluding carboxylic acids is 1. The fourth-order valence-corrected chi connectivity index (χ4v) is 3.33. The molecule has 24 heavy (non-hydrogen) atoms. The smallest absolute Gasteiger partial charge is 0.317 e. The molecule has 3 rings (SSSR count). The summed E-state index contributed by atoms with van der Waals surface area (Å²) < 4.78 is 13.0. The quantitative estimate of drug-likeness (QED) is 0.841. The van der Waals surface area contributed by atoms with Gasteiger partial charge in [-0.3, -0.25) is 0 Å². The molecule has 0 aromatic heterocycles. The average molecular weight is 333 g/mol. The molecular weight excluding hydrogens is 305 g/mol. The maximum absolute atomic E-state index is 13.0. The fraction of sp³-hybridized carbons (Fsp3) is 0.632. The van der Waals surface area contributed by atoms with Gasteiger partial charge in [-0.15, -0.1) is 0 Å². The third-order valence-electron chi connectivity index (χ3n) is 5.28. The van der Waals surface area contributed by atoms with E-state index in [1.54, 1.807) is 12.1 Å². The second-order valence-electron chi connectivity index (χ2n) is 7.52. The van der Waals surface area contributed by atoms with Gasteiger partial charge in [0.25, 0.3) is 0 Å². The van der Waals surface area contributed by atoms with Gasteiger partial charge in [-0.05, 0) is 68.3 Å². The second kappa shape index (κ2) is 7.51. The summed E-state index contributed by atoms with van der Waals surface area (Å²) in [6.45, 7) is 5.76. The number of hydrogen-bond acceptors (Lipinski definition) is 2. The van der Waals surface area contributed by atoms with E-state index in [0.717, 1.165) is 57.3 Å². The highest BCUT2D eigenvalue weighted by Gasteiger charge is 2.33. The summed E-state index contributed by atoms with van der Waals surface area (Å²) in [4.78, 5) is 14.6. The summed E-state index contributed by atoms with van der Waals surface area (Å²) in [7, 11) is 0. The lowest BCUT2D eigenvalue weighted by Gasteiger charge is -2.35. The highest BCUT2D eigenvalue weighted by atomic mass is 19.1. The van der Waals surface area contributed by atoms with Crippen LogP contribution in [-0.2, 0) is 6.42 Å². The molecule has 1 saturated heterocycles. The van der Waals surface area contributed by atoms with Gasteiger partial charge in [0, 0.05) is 19.1 Å². The van der Waals surface area contributed by atoms with Crippen molar-refractivity contribution in [2.45, 2.75) is 45.1 Å². The average Bonchev–Trinajstić information content (AvgIpc) is 3.41. The van der Waals surface area contributed by atoms with E-state index in [-0.39, 0.29) is 17.3 Å². The summed E-state index contributed by atoms with van der Waals surface area (Å²) in [6.07, 6.45) is 5.17. The molecule has 1 saturated carbocycles. The number of nitrogens with one attached hydrogen (secondary N) is 2. The molecule has 0 unspecified atom stereocenters. The lowest BCUT2D eigenvalue weighted by molar-refractivity contribution is 0.177. The Hall–Kier alpha value is -1.62. The molecule has 132 valence electrons. The third-order valence-corrected chi connectivity index (χ3v) is 5.28. The molecule has 5 heteroatoms. The van der Waals surface area contributed by atoms with Crippen molar-refractivity contribution in [3.8, 4) is 0 Å².